The van der Waals surface area contributed by atoms with Crippen LogP contribution in [0.25, 0.3) is 0 Å². The Bertz CT molecular complexity index is 490. The van der Waals surface area contributed by atoms with Gasteiger partial charge in [-0.1, -0.05) is 12.8 Å². The van der Waals surface area contributed by atoms with E-state index in [0.29, 0.717) is 12.0 Å². The van der Waals surface area contributed by atoms with Gasteiger partial charge in [0.25, 0.3) is 0 Å². The molecule has 1 aliphatic carbocycles. The molecule has 0 amide bonds. The number of likely N-dealkylation sites (tertiary alicyclic amines) is 1. The number of thiophene rings is 1. The lowest BCUT2D eigenvalue weighted by molar-refractivity contribution is -0.146. The minimum Gasteiger partial charge on any atom is -0.468 e. The van der Waals surface area contributed by atoms with Crippen LogP contribution in [0.4, 0.5) is 0 Å². The molecule has 20 heavy (non-hydrogen) atoms. The average molecular weight is 358 g/mol. The molecule has 0 aromatic carbocycles. The van der Waals surface area contributed by atoms with Gasteiger partial charge in [-0.05, 0) is 52.6 Å². The second-order valence-corrected chi connectivity index (χ2v) is 7.61. The van der Waals surface area contributed by atoms with E-state index in [1.807, 2.05) is 0 Å². The molecule has 5 heteroatoms. The van der Waals surface area contributed by atoms with Crippen LogP contribution in [0.5, 0.6) is 0 Å². The summed E-state index contributed by atoms with van der Waals surface area (Å²) in [6, 6.07) is 2.59. The molecule has 1 saturated carbocycles. The van der Waals surface area contributed by atoms with Gasteiger partial charge in [-0.15, -0.1) is 11.3 Å². The molecular weight excluding hydrogens is 338 g/mol. The van der Waals surface area contributed by atoms with Gasteiger partial charge in [-0.2, -0.15) is 0 Å². The fourth-order valence-corrected chi connectivity index (χ4v) is 5.24. The fourth-order valence-electron chi connectivity index (χ4n) is 3.75. The molecule has 3 rings (SSSR count). The van der Waals surface area contributed by atoms with Gasteiger partial charge >= 0.3 is 5.97 Å². The van der Waals surface area contributed by atoms with Crippen molar-refractivity contribution < 1.29 is 9.53 Å². The van der Waals surface area contributed by atoms with Crippen LogP contribution in [0, 0.1) is 5.92 Å². The number of rotatable bonds is 3. The van der Waals surface area contributed by atoms with Crippen molar-refractivity contribution >= 4 is 33.2 Å². The SMILES string of the molecule is COC(=O)C1CC2CCCCC2N1Cc1sccc1Br. The van der Waals surface area contributed by atoms with Gasteiger partial charge in [0.05, 0.1) is 7.11 Å². The maximum Gasteiger partial charge on any atom is 0.323 e. The highest BCUT2D eigenvalue weighted by Crippen LogP contribution is 2.41. The lowest BCUT2D eigenvalue weighted by Gasteiger charge is -2.33. The molecule has 0 spiro atoms. The van der Waals surface area contributed by atoms with Gasteiger partial charge in [0.15, 0.2) is 0 Å². The number of nitrogens with zero attached hydrogens (tertiary/aromatic N) is 1. The van der Waals surface area contributed by atoms with E-state index in [0.717, 1.165) is 17.4 Å². The molecule has 1 aliphatic heterocycles. The number of carbonyl (C=O) groups excluding carboxylic acids is 1. The molecule has 3 atom stereocenters. The Morgan fingerprint density at radius 2 is 2.30 bits per heavy atom. The van der Waals surface area contributed by atoms with Gasteiger partial charge in [0, 0.05) is 21.9 Å². The van der Waals surface area contributed by atoms with Crippen LogP contribution in [0.15, 0.2) is 15.9 Å². The molecule has 3 unspecified atom stereocenters. The van der Waals surface area contributed by atoms with Crippen LogP contribution < -0.4 is 0 Å². The summed E-state index contributed by atoms with van der Waals surface area (Å²) in [4.78, 5) is 15.8. The molecule has 2 aliphatic rings. The van der Waals surface area contributed by atoms with Gasteiger partial charge in [-0.25, -0.2) is 0 Å². The van der Waals surface area contributed by atoms with Crippen LogP contribution in [0.3, 0.4) is 0 Å². The highest BCUT2D eigenvalue weighted by molar-refractivity contribution is 9.10. The Balaban J connectivity index is 1.82. The third kappa shape index (κ3) is 2.68. The van der Waals surface area contributed by atoms with Crippen molar-refractivity contribution in [1.29, 1.82) is 0 Å². The number of esters is 1. The van der Waals surface area contributed by atoms with Gasteiger partial charge in [0.2, 0.25) is 0 Å². The second-order valence-electron chi connectivity index (χ2n) is 5.75. The molecule has 0 N–H and O–H groups in total. The minimum atomic E-state index is -0.0629. The number of ether oxygens (including phenoxy) is 1. The quantitative estimate of drug-likeness (QED) is 0.770. The molecular formula is C15H20BrNO2S. The average Bonchev–Trinajstić information content (AvgIpc) is 3.03. The van der Waals surface area contributed by atoms with E-state index in [1.165, 1.54) is 37.7 Å². The van der Waals surface area contributed by atoms with Crippen LogP contribution in [-0.4, -0.2) is 30.1 Å². The standard InChI is InChI=1S/C15H20BrNO2S/c1-19-15(18)13-8-10-4-2-3-5-12(10)17(13)9-14-11(16)6-7-20-14/h6-7,10,12-13H,2-5,8-9H2,1H3. The Morgan fingerprint density at radius 3 is 3.00 bits per heavy atom. The molecule has 1 aromatic rings. The van der Waals surface area contributed by atoms with E-state index in [9.17, 15) is 4.79 Å². The third-order valence-corrected chi connectivity index (χ3v) is 6.62. The van der Waals surface area contributed by atoms with Gasteiger partial charge < -0.3 is 4.74 Å². The topological polar surface area (TPSA) is 29.5 Å². The largest absolute Gasteiger partial charge is 0.468 e. The highest BCUT2D eigenvalue weighted by Gasteiger charge is 2.45. The van der Waals surface area contributed by atoms with E-state index >= 15 is 0 Å². The first-order valence-corrected chi connectivity index (χ1v) is 8.93. The minimum absolute atomic E-state index is 0.0536. The lowest BCUT2D eigenvalue weighted by Crippen LogP contribution is -2.42. The number of methoxy groups -OCH3 is 1. The lowest BCUT2D eigenvalue weighted by atomic mass is 9.85. The zero-order valence-electron chi connectivity index (χ0n) is 11.7. The number of carbonyl (C=O) groups is 1. The normalized spacial score (nSPS) is 30.2. The van der Waals surface area contributed by atoms with E-state index in [4.69, 9.17) is 4.74 Å². The first-order chi connectivity index (χ1) is 9.70. The molecule has 0 bridgehead atoms. The van der Waals surface area contributed by atoms with Crippen LogP contribution >= 0.6 is 27.3 Å². The first-order valence-electron chi connectivity index (χ1n) is 7.26. The number of hydrogen-bond acceptors (Lipinski definition) is 4. The zero-order chi connectivity index (χ0) is 14.1. The summed E-state index contributed by atoms with van der Waals surface area (Å²) in [5.74, 6) is 0.610. The predicted octanol–water partition coefficient (Wildman–Crippen LogP) is 3.82. The van der Waals surface area contributed by atoms with Crippen LogP contribution in [0.1, 0.15) is 37.0 Å². The summed E-state index contributed by atoms with van der Waals surface area (Å²) < 4.78 is 6.19. The number of hydrogen-bond donors (Lipinski definition) is 0. The Morgan fingerprint density at radius 1 is 1.50 bits per heavy atom. The molecule has 2 heterocycles. The molecule has 2 fully saturated rings. The predicted molar refractivity (Wildman–Crippen MR) is 83.7 cm³/mol. The van der Waals surface area contributed by atoms with Gasteiger partial charge in [-0.3, -0.25) is 9.69 Å². The van der Waals surface area contributed by atoms with E-state index < -0.39 is 0 Å². The van der Waals surface area contributed by atoms with Crippen molar-refractivity contribution in [3.05, 3.63) is 20.8 Å². The van der Waals surface area contributed by atoms with Crippen molar-refractivity contribution in [3.63, 3.8) is 0 Å². The van der Waals surface area contributed by atoms with Crippen molar-refractivity contribution in [1.82, 2.24) is 4.90 Å². The van der Waals surface area contributed by atoms with Crippen LogP contribution in [0.2, 0.25) is 0 Å². The fraction of sp³-hybridized carbons (Fsp3) is 0.667. The Kier molecular flexibility index (Phi) is 4.48. The Hall–Kier alpha value is -0.390. The summed E-state index contributed by atoms with van der Waals surface area (Å²) >= 11 is 5.36. The summed E-state index contributed by atoms with van der Waals surface area (Å²) in [5.41, 5.74) is 0. The Labute approximate surface area is 132 Å². The maximum absolute atomic E-state index is 12.1. The molecule has 110 valence electrons. The van der Waals surface area contributed by atoms with Crippen LogP contribution in [-0.2, 0) is 16.1 Å². The van der Waals surface area contributed by atoms with Crippen molar-refractivity contribution in [2.45, 2.75) is 50.7 Å². The van der Waals surface area contributed by atoms with Crippen molar-refractivity contribution in [2.75, 3.05) is 7.11 Å². The van der Waals surface area contributed by atoms with Crippen molar-refractivity contribution in [2.24, 2.45) is 5.92 Å². The van der Waals surface area contributed by atoms with E-state index in [2.05, 4.69) is 32.3 Å². The summed E-state index contributed by atoms with van der Waals surface area (Å²) in [7, 11) is 1.50. The first kappa shape index (κ1) is 14.5. The van der Waals surface area contributed by atoms with Gasteiger partial charge in [0.1, 0.15) is 6.04 Å². The van der Waals surface area contributed by atoms with E-state index in [-0.39, 0.29) is 12.0 Å². The summed E-state index contributed by atoms with van der Waals surface area (Å²) in [5, 5.41) is 2.10. The number of fused-ring (bicyclic) bond motifs is 1. The van der Waals surface area contributed by atoms with E-state index in [1.54, 1.807) is 11.3 Å². The molecule has 0 radical (unpaired) electrons. The molecule has 3 nitrogen and oxygen atoms in total. The third-order valence-electron chi connectivity index (χ3n) is 4.71. The smallest absolute Gasteiger partial charge is 0.323 e. The summed E-state index contributed by atoms with van der Waals surface area (Å²) in [6.45, 7) is 0.860. The highest BCUT2D eigenvalue weighted by atomic mass is 79.9. The monoisotopic (exact) mass is 357 g/mol. The molecule has 1 aromatic heterocycles. The molecule has 1 saturated heterocycles. The van der Waals surface area contributed by atoms with Crippen molar-refractivity contribution in [3.8, 4) is 0 Å². The maximum atomic E-state index is 12.1. The second kappa shape index (κ2) is 6.16. The summed E-state index contributed by atoms with van der Waals surface area (Å²) in [6.07, 6.45) is 6.06. The number of halogens is 1. The zero-order valence-corrected chi connectivity index (χ0v) is 14.1.